The monoisotopic (exact) mass is 736 g/mol. The number of rotatable bonds is 2. The molecule has 10 atom stereocenters. The average molecular weight is 737 g/mol. The lowest BCUT2D eigenvalue weighted by Gasteiger charge is -2.68. The van der Waals surface area contributed by atoms with Crippen molar-refractivity contribution < 1.29 is 5.11 Å². The normalized spacial score (nSPS) is 40.9. The molecule has 1 heterocycles. The number of allylic oxidation sites excluding steroid dienone is 3. The van der Waals surface area contributed by atoms with Crippen LogP contribution in [-0.2, 0) is 19.4 Å². The molecule has 7 aliphatic rings. The van der Waals surface area contributed by atoms with Crippen LogP contribution >= 0.6 is 21.6 Å². The van der Waals surface area contributed by atoms with Crippen molar-refractivity contribution in [3.8, 4) is 5.75 Å². The Labute approximate surface area is 322 Å². The van der Waals surface area contributed by atoms with Crippen LogP contribution in [0.4, 0.5) is 0 Å². The molecular weight excluding hydrogens is 673 g/mol. The molecule has 9 rings (SSSR count). The van der Waals surface area contributed by atoms with Gasteiger partial charge in [0.25, 0.3) is 0 Å². The molecule has 280 valence electrons. The molecule has 4 saturated carbocycles. The van der Waals surface area contributed by atoms with Gasteiger partial charge in [0.15, 0.2) is 0 Å². The maximum absolute atomic E-state index is 11.3. The lowest BCUT2D eigenvalue weighted by molar-refractivity contribution is -0.137. The standard InChI is InChI=1S/C47H64N2OS2/c1-32-9-8-15-46(23-32)31-44(25-40(28-48-3)45(30-44)13-6-7-14-45)26-42-38-19-35-17-34(20-41(50)21-35)18-36-10-4-5-11-37(36)27-49-33(2)29-51-52-43-12-16-47(42,46)24-39(43)22-38/h4-5,8,10-12,15-17,20-21,32-33,38-40,42-43,48-50H,6-7,9,13-14,18-19,22-31H2,1-3H3. The van der Waals surface area contributed by atoms with Crippen LogP contribution in [0, 0.1) is 51.2 Å². The first-order chi connectivity index (χ1) is 25.2. The van der Waals surface area contributed by atoms with Crippen LogP contribution in [0.25, 0.3) is 0 Å². The van der Waals surface area contributed by atoms with Gasteiger partial charge in [0.1, 0.15) is 5.75 Å². The zero-order chi connectivity index (χ0) is 35.6. The first kappa shape index (κ1) is 36.0. The zero-order valence-corrected chi connectivity index (χ0v) is 33.8. The Bertz CT molecular complexity index is 1680. The van der Waals surface area contributed by atoms with Gasteiger partial charge in [0, 0.05) is 29.0 Å². The van der Waals surface area contributed by atoms with Crippen LogP contribution < -0.4 is 10.6 Å². The van der Waals surface area contributed by atoms with Gasteiger partial charge in [-0.2, -0.15) is 0 Å². The maximum atomic E-state index is 11.3. The second kappa shape index (κ2) is 14.1. The second-order valence-electron chi connectivity index (χ2n) is 19.4. The van der Waals surface area contributed by atoms with Gasteiger partial charge in [-0.25, -0.2) is 0 Å². The summed E-state index contributed by atoms with van der Waals surface area (Å²) in [5, 5.41) is 19.4. The number of hydrogen-bond donors (Lipinski definition) is 3. The fraction of sp³-hybridized carbons (Fsp3) is 0.660. The van der Waals surface area contributed by atoms with Crippen molar-refractivity contribution in [2.24, 2.45) is 51.2 Å². The molecule has 0 radical (unpaired) electrons. The van der Waals surface area contributed by atoms with Gasteiger partial charge in [0.05, 0.1) is 0 Å². The third-order valence-corrected chi connectivity index (χ3v) is 19.0. The highest BCUT2D eigenvalue weighted by Gasteiger charge is 2.68. The summed E-state index contributed by atoms with van der Waals surface area (Å²) in [5.41, 5.74) is 6.84. The summed E-state index contributed by atoms with van der Waals surface area (Å²) in [6.07, 6.45) is 29.9. The summed E-state index contributed by atoms with van der Waals surface area (Å²) in [6, 6.07) is 16.0. The largest absolute Gasteiger partial charge is 0.508 e. The molecule has 2 aromatic rings. The highest BCUT2D eigenvalue weighted by molar-refractivity contribution is 8.77. The molecule has 5 bridgehead atoms. The van der Waals surface area contributed by atoms with Crippen molar-refractivity contribution in [2.75, 3.05) is 19.3 Å². The molecule has 3 N–H and O–H groups in total. The quantitative estimate of drug-likeness (QED) is 0.212. The Kier molecular flexibility index (Phi) is 9.78. The topological polar surface area (TPSA) is 44.3 Å². The van der Waals surface area contributed by atoms with Gasteiger partial charge < -0.3 is 15.7 Å². The molecule has 5 heteroatoms. The second-order valence-corrected chi connectivity index (χ2v) is 22.0. The van der Waals surface area contributed by atoms with E-state index in [-0.39, 0.29) is 10.8 Å². The average Bonchev–Trinajstić information content (AvgIpc) is 3.69. The highest BCUT2D eigenvalue weighted by atomic mass is 33.1. The number of phenols is 1. The van der Waals surface area contributed by atoms with Crippen LogP contribution in [0.5, 0.6) is 5.75 Å². The van der Waals surface area contributed by atoms with Gasteiger partial charge in [-0.3, -0.25) is 0 Å². The summed E-state index contributed by atoms with van der Waals surface area (Å²) < 4.78 is 0. The number of hydrogen-bond acceptors (Lipinski definition) is 5. The van der Waals surface area contributed by atoms with Crippen LogP contribution in [0.15, 0.2) is 66.8 Å². The molecule has 6 aliphatic carbocycles. The van der Waals surface area contributed by atoms with Crippen molar-refractivity contribution in [2.45, 2.75) is 122 Å². The Morgan fingerprint density at radius 3 is 2.58 bits per heavy atom. The van der Waals surface area contributed by atoms with E-state index in [0.717, 1.165) is 37.0 Å². The zero-order valence-electron chi connectivity index (χ0n) is 32.2. The van der Waals surface area contributed by atoms with E-state index in [1.807, 2.05) is 6.07 Å². The summed E-state index contributed by atoms with van der Waals surface area (Å²) in [4.78, 5) is 0. The lowest BCUT2D eigenvalue weighted by atomic mass is 9.36. The molecular formula is C47H64N2OS2. The summed E-state index contributed by atoms with van der Waals surface area (Å²) in [5.74, 6) is 5.17. The Hall–Kier alpha value is -1.66. The molecule has 0 aromatic heterocycles. The number of phenolic OH excluding ortho intramolecular Hbond substituents is 1. The molecule has 10 unspecified atom stereocenters. The van der Waals surface area contributed by atoms with Crippen molar-refractivity contribution >= 4 is 21.6 Å². The molecule has 4 fully saturated rings. The Morgan fingerprint density at radius 1 is 0.923 bits per heavy atom. The fourth-order valence-corrected chi connectivity index (χ4v) is 17.3. The Balaban J connectivity index is 1.15. The van der Waals surface area contributed by atoms with E-state index in [1.165, 1.54) is 106 Å². The number of benzene rings is 2. The molecule has 3 nitrogen and oxygen atoms in total. The molecule has 2 aromatic carbocycles. The SMILES string of the molecule is CNCC1CC2(CC3C4Cc5cc(O)cc(c5)Cc5ccccc5CNC(C)CSSC5C=CC3(CC5C4)C3(C=CCC(C)C3)C2)CC12CCCC2. The molecule has 52 heavy (non-hydrogen) atoms. The van der Waals surface area contributed by atoms with Crippen LogP contribution in [0.3, 0.4) is 0 Å². The predicted molar refractivity (Wildman–Crippen MR) is 222 cm³/mol. The molecule has 1 aliphatic heterocycles. The van der Waals surface area contributed by atoms with Crippen molar-refractivity contribution in [3.63, 3.8) is 0 Å². The van der Waals surface area contributed by atoms with Crippen LogP contribution in [0.1, 0.15) is 113 Å². The highest BCUT2D eigenvalue weighted by Crippen LogP contribution is 2.77. The van der Waals surface area contributed by atoms with E-state index >= 15 is 0 Å². The maximum Gasteiger partial charge on any atom is 0.116 e. The lowest BCUT2D eigenvalue weighted by Crippen LogP contribution is -2.61. The summed E-state index contributed by atoms with van der Waals surface area (Å²) in [7, 11) is 6.48. The third kappa shape index (κ3) is 6.38. The molecule has 0 saturated heterocycles. The van der Waals surface area contributed by atoms with Crippen molar-refractivity contribution in [3.05, 3.63) is 89.0 Å². The number of nitrogens with one attached hydrogen (secondary N) is 2. The first-order valence-electron chi connectivity index (χ1n) is 21.1. The predicted octanol–water partition coefficient (Wildman–Crippen LogP) is 10.9. The van der Waals surface area contributed by atoms with E-state index in [0.29, 0.717) is 45.6 Å². The van der Waals surface area contributed by atoms with Gasteiger partial charge in [-0.05, 0) is 178 Å². The number of fused-ring (bicyclic) bond motifs is 5. The summed E-state index contributed by atoms with van der Waals surface area (Å²) >= 11 is 0. The minimum Gasteiger partial charge on any atom is -0.508 e. The van der Waals surface area contributed by atoms with E-state index in [2.05, 4.69) is 114 Å². The summed E-state index contributed by atoms with van der Waals surface area (Å²) in [6.45, 7) is 7.00. The minimum atomic E-state index is 0.235. The van der Waals surface area contributed by atoms with E-state index in [1.54, 1.807) is 0 Å². The van der Waals surface area contributed by atoms with Gasteiger partial charge in [0.2, 0.25) is 0 Å². The molecule has 0 amide bonds. The Morgan fingerprint density at radius 2 is 1.75 bits per heavy atom. The van der Waals surface area contributed by atoms with Crippen molar-refractivity contribution in [1.29, 1.82) is 0 Å². The van der Waals surface area contributed by atoms with Gasteiger partial charge in [-0.1, -0.05) is 96.0 Å². The minimum absolute atomic E-state index is 0.235. The van der Waals surface area contributed by atoms with E-state index in [9.17, 15) is 5.11 Å². The van der Waals surface area contributed by atoms with Crippen molar-refractivity contribution in [1.82, 2.24) is 10.6 Å². The van der Waals surface area contributed by atoms with E-state index in [4.69, 9.17) is 0 Å². The third-order valence-electron chi connectivity index (χ3n) is 16.0. The fourth-order valence-electron chi connectivity index (χ4n) is 14.2. The smallest absolute Gasteiger partial charge is 0.116 e. The van der Waals surface area contributed by atoms with Crippen LogP contribution in [0.2, 0.25) is 0 Å². The van der Waals surface area contributed by atoms with Gasteiger partial charge in [-0.15, -0.1) is 0 Å². The first-order valence-corrected chi connectivity index (χ1v) is 23.5. The molecule has 4 spiro atoms. The van der Waals surface area contributed by atoms with Gasteiger partial charge >= 0.3 is 0 Å². The number of aromatic hydroxyl groups is 1. The van der Waals surface area contributed by atoms with Crippen LogP contribution in [-0.4, -0.2) is 35.7 Å². The van der Waals surface area contributed by atoms with E-state index < -0.39 is 0 Å².